The molecular weight excluding hydrogens is 432 g/mol. The van der Waals surface area contributed by atoms with Gasteiger partial charge in [-0.1, -0.05) is 25.5 Å². The molecule has 0 aromatic heterocycles. The Labute approximate surface area is 201 Å². The molecule has 0 saturated carbocycles. The zero-order chi connectivity index (χ0) is 24.7. The highest BCUT2D eigenvalue weighted by molar-refractivity contribution is 6.46. The van der Waals surface area contributed by atoms with Crippen LogP contribution in [0.2, 0.25) is 0 Å². The predicted octanol–water partition coefficient (Wildman–Crippen LogP) is 4.25. The van der Waals surface area contributed by atoms with Gasteiger partial charge >= 0.3 is 0 Å². The van der Waals surface area contributed by atoms with Gasteiger partial charge in [-0.3, -0.25) is 9.59 Å². The van der Waals surface area contributed by atoms with Gasteiger partial charge in [-0.2, -0.15) is 0 Å². The van der Waals surface area contributed by atoms with Crippen molar-refractivity contribution in [1.82, 2.24) is 9.80 Å². The van der Waals surface area contributed by atoms with E-state index in [1.54, 1.807) is 36.3 Å². The SMILES string of the molecule is CCCCOc1cccc(C2C(=C(O)c3ccc(OC)cc3)C(=O)C(=O)N2CCCN(C)C)c1. The van der Waals surface area contributed by atoms with E-state index >= 15 is 0 Å². The third-order valence-electron chi connectivity index (χ3n) is 5.85. The smallest absolute Gasteiger partial charge is 0.295 e. The van der Waals surface area contributed by atoms with E-state index in [0.717, 1.165) is 24.9 Å². The number of benzene rings is 2. The molecule has 1 saturated heterocycles. The van der Waals surface area contributed by atoms with Gasteiger partial charge in [0, 0.05) is 12.1 Å². The largest absolute Gasteiger partial charge is 0.507 e. The number of ether oxygens (including phenoxy) is 2. The average Bonchev–Trinajstić information content (AvgIpc) is 3.09. The van der Waals surface area contributed by atoms with E-state index in [9.17, 15) is 14.7 Å². The van der Waals surface area contributed by atoms with Crippen LogP contribution in [0, 0.1) is 0 Å². The number of nitrogens with zero attached hydrogens (tertiary/aromatic N) is 2. The average molecular weight is 467 g/mol. The van der Waals surface area contributed by atoms with Crippen molar-refractivity contribution in [3.8, 4) is 11.5 Å². The zero-order valence-electron chi connectivity index (χ0n) is 20.4. The number of hydrogen-bond donors (Lipinski definition) is 1. The van der Waals surface area contributed by atoms with E-state index in [-0.39, 0.29) is 11.3 Å². The van der Waals surface area contributed by atoms with Crippen LogP contribution in [-0.4, -0.2) is 67.5 Å². The Morgan fingerprint density at radius 2 is 1.79 bits per heavy atom. The van der Waals surface area contributed by atoms with E-state index in [4.69, 9.17) is 9.47 Å². The van der Waals surface area contributed by atoms with Crippen LogP contribution in [0.25, 0.3) is 5.76 Å². The fourth-order valence-electron chi connectivity index (χ4n) is 4.03. The molecule has 0 bridgehead atoms. The van der Waals surface area contributed by atoms with Crippen molar-refractivity contribution in [2.75, 3.05) is 40.9 Å². The third-order valence-corrected chi connectivity index (χ3v) is 5.85. The number of methoxy groups -OCH3 is 1. The number of likely N-dealkylation sites (tertiary alicyclic amines) is 1. The van der Waals surface area contributed by atoms with E-state index in [2.05, 4.69) is 6.92 Å². The minimum atomic E-state index is -0.695. The highest BCUT2D eigenvalue weighted by atomic mass is 16.5. The summed E-state index contributed by atoms with van der Waals surface area (Å²) in [6.45, 7) is 3.86. The van der Waals surface area contributed by atoms with Crippen LogP contribution in [0.15, 0.2) is 54.1 Å². The number of unbranched alkanes of at least 4 members (excludes halogenated alkanes) is 1. The Morgan fingerprint density at radius 1 is 1.06 bits per heavy atom. The maximum atomic E-state index is 13.2. The van der Waals surface area contributed by atoms with E-state index < -0.39 is 17.7 Å². The van der Waals surface area contributed by atoms with Crippen molar-refractivity contribution in [3.63, 3.8) is 0 Å². The molecule has 1 atom stereocenters. The lowest BCUT2D eigenvalue weighted by Crippen LogP contribution is -2.32. The van der Waals surface area contributed by atoms with Gasteiger partial charge < -0.3 is 24.4 Å². The second-order valence-electron chi connectivity index (χ2n) is 8.65. The molecule has 3 rings (SSSR count). The Balaban J connectivity index is 2.04. The second-order valence-corrected chi connectivity index (χ2v) is 8.65. The van der Waals surface area contributed by atoms with Crippen LogP contribution in [0.3, 0.4) is 0 Å². The van der Waals surface area contributed by atoms with Crippen molar-refractivity contribution in [2.24, 2.45) is 0 Å². The molecule has 1 aliphatic heterocycles. The van der Waals surface area contributed by atoms with Crippen molar-refractivity contribution >= 4 is 17.4 Å². The number of hydrogen-bond acceptors (Lipinski definition) is 6. The van der Waals surface area contributed by atoms with Gasteiger partial charge in [0.25, 0.3) is 11.7 Å². The summed E-state index contributed by atoms with van der Waals surface area (Å²) in [4.78, 5) is 29.8. The number of carbonyl (C=O) groups excluding carboxylic acids is 2. The Morgan fingerprint density at radius 3 is 2.44 bits per heavy atom. The molecule has 0 radical (unpaired) electrons. The molecule has 0 spiro atoms. The summed E-state index contributed by atoms with van der Waals surface area (Å²) in [5.74, 6) is -0.168. The number of ketones is 1. The summed E-state index contributed by atoms with van der Waals surface area (Å²) in [5, 5.41) is 11.2. The number of aliphatic hydroxyl groups excluding tert-OH is 1. The minimum Gasteiger partial charge on any atom is -0.507 e. The molecule has 1 amide bonds. The molecule has 182 valence electrons. The van der Waals surface area contributed by atoms with Gasteiger partial charge in [0.05, 0.1) is 25.3 Å². The lowest BCUT2D eigenvalue weighted by molar-refractivity contribution is -0.139. The van der Waals surface area contributed by atoms with Gasteiger partial charge in [0.15, 0.2) is 0 Å². The van der Waals surface area contributed by atoms with Gasteiger partial charge in [-0.15, -0.1) is 0 Å². The molecule has 1 unspecified atom stereocenters. The van der Waals surface area contributed by atoms with Crippen molar-refractivity contribution in [3.05, 3.63) is 65.2 Å². The van der Waals surface area contributed by atoms with Gasteiger partial charge in [0.2, 0.25) is 0 Å². The Bertz CT molecular complexity index is 1030. The van der Waals surface area contributed by atoms with Gasteiger partial charge in [-0.25, -0.2) is 0 Å². The third kappa shape index (κ3) is 5.78. The lowest BCUT2D eigenvalue weighted by Gasteiger charge is -2.26. The molecule has 1 N–H and O–H groups in total. The Hall–Kier alpha value is -3.32. The lowest BCUT2D eigenvalue weighted by atomic mass is 9.95. The standard InChI is InChI=1S/C27H34N2O5/c1-5-6-17-34-22-10-7-9-20(18-22)24-23(25(30)19-11-13-21(33-4)14-12-19)26(31)27(32)29(24)16-8-15-28(2)3/h7,9-14,18,24,30H,5-6,8,15-17H2,1-4H3. The van der Waals surface area contributed by atoms with E-state index in [1.807, 2.05) is 43.3 Å². The van der Waals surface area contributed by atoms with Gasteiger partial charge in [-0.05, 0) is 75.4 Å². The molecule has 1 fully saturated rings. The molecule has 7 nitrogen and oxygen atoms in total. The number of aliphatic hydroxyl groups is 1. The quantitative estimate of drug-likeness (QED) is 0.231. The minimum absolute atomic E-state index is 0.0886. The van der Waals surface area contributed by atoms with Crippen molar-refractivity contribution in [1.29, 1.82) is 0 Å². The number of rotatable bonds is 11. The molecule has 34 heavy (non-hydrogen) atoms. The van der Waals surface area contributed by atoms with E-state index in [0.29, 0.717) is 36.6 Å². The second kappa shape index (κ2) is 11.7. The molecule has 2 aromatic carbocycles. The predicted molar refractivity (Wildman–Crippen MR) is 132 cm³/mol. The summed E-state index contributed by atoms with van der Waals surface area (Å²) < 4.78 is 11.1. The van der Waals surface area contributed by atoms with Crippen LogP contribution < -0.4 is 9.47 Å². The van der Waals surface area contributed by atoms with Crippen molar-refractivity contribution in [2.45, 2.75) is 32.2 Å². The fourth-order valence-corrected chi connectivity index (χ4v) is 4.03. The monoisotopic (exact) mass is 466 g/mol. The summed E-state index contributed by atoms with van der Waals surface area (Å²) in [5.41, 5.74) is 1.27. The maximum absolute atomic E-state index is 13.2. The van der Waals surface area contributed by atoms with Gasteiger partial charge in [0.1, 0.15) is 17.3 Å². The van der Waals surface area contributed by atoms with E-state index in [1.165, 1.54) is 0 Å². The summed E-state index contributed by atoms with van der Waals surface area (Å²) in [6.07, 6.45) is 2.66. The van der Waals surface area contributed by atoms with Crippen molar-refractivity contribution < 1.29 is 24.2 Å². The van der Waals surface area contributed by atoms with Crippen LogP contribution >= 0.6 is 0 Å². The summed E-state index contributed by atoms with van der Waals surface area (Å²) >= 11 is 0. The molecule has 7 heteroatoms. The molecular formula is C27H34N2O5. The zero-order valence-corrected chi connectivity index (χ0v) is 20.4. The maximum Gasteiger partial charge on any atom is 0.295 e. The summed E-state index contributed by atoms with van der Waals surface area (Å²) in [7, 11) is 5.49. The first kappa shape index (κ1) is 25.3. The van der Waals surface area contributed by atoms with Crippen LogP contribution in [0.1, 0.15) is 43.4 Å². The molecule has 1 heterocycles. The topological polar surface area (TPSA) is 79.3 Å². The first-order valence-electron chi connectivity index (χ1n) is 11.7. The number of carbonyl (C=O) groups is 2. The Kier molecular flexibility index (Phi) is 8.71. The highest BCUT2D eigenvalue weighted by Gasteiger charge is 2.45. The normalized spacial score (nSPS) is 17.4. The fraction of sp³-hybridized carbons (Fsp3) is 0.407. The number of amides is 1. The number of Topliss-reactive ketones (excluding diaryl/α,β-unsaturated/α-hetero) is 1. The molecule has 2 aromatic rings. The first-order valence-corrected chi connectivity index (χ1v) is 11.7. The highest BCUT2D eigenvalue weighted by Crippen LogP contribution is 2.40. The van der Waals surface area contributed by atoms with Crippen LogP contribution in [-0.2, 0) is 9.59 Å². The molecule has 1 aliphatic rings. The summed E-state index contributed by atoms with van der Waals surface area (Å²) in [6, 6.07) is 13.5. The van der Waals surface area contributed by atoms with Crippen LogP contribution in [0.5, 0.6) is 11.5 Å². The first-order chi connectivity index (χ1) is 16.4. The van der Waals surface area contributed by atoms with Crippen LogP contribution in [0.4, 0.5) is 0 Å². The molecule has 0 aliphatic carbocycles.